The van der Waals surface area contributed by atoms with Crippen LogP contribution < -0.4 is 20.3 Å². The lowest BCUT2D eigenvalue weighted by molar-refractivity contribution is -0.123. The van der Waals surface area contributed by atoms with Crippen LogP contribution in [0.15, 0.2) is 40.9 Å². The van der Waals surface area contributed by atoms with E-state index in [1.165, 1.54) is 0 Å². The van der Waals surface area contributed by atoms with E-state index in [4.69, 9.17) is 9.47 Å². The van der Waals surface area contributed by atoms with Gasteiger partial charge in [0.25, 0.3) is 11.8 Å². The van der Waals surface area contributed by atoms with E-state index >= 15 is 0 Å². The molecule has 0 heterocycles. The van der Waals surface area contributed by atoms with E-state index in [0.29, 0.717) is 28.1 Å². The Kier molecular flexibility index (Phi) is 7.67. The molecule has 0 aliphatic rings. The SMILES string of the molecule is CCCOc1ccc(C(=O)NNC(=O)COc2cccc(C)c2C)cc1Br. The minimum Gasteiger partial charge on any atom is -0.492 e. The van der Waals surface area contributed by atoms with Gasteiger partial charge in [0, 0.05) is 5.56 Å². The smallest absolute Gasteiger partial charge is 0.276 e. The summed E-state index contributed by atoms with van der Waals surface area (Å²) in [6, 6.07) is 10.6. The van der Waals surface area contributed by atoms with E-state index in [1.807, 2.05) is 32.9 Å². The average Bonchev–Trinajstić information content (AvgIpc) is 2.66. The van der Waals surface area contributed by atoms with E-state index in [1.54, 1.807) is 24.3 Å². The van der Waals surface area contributed by atoms with Crippen molar-refractivity contribution in [1.29, 1.82) is 0 Å². The summed E-state index contributed by atoms with van der Waals surface area (Å²) in [6.07, 6.45) is 0.894. The highest BCUT2D eigenvalue weighted by Gasteiger charge is 2.11. The number of halogens is 1. The third kappa shape index (κ3) is 5.99. The van der Waals surface area contributed by atoms with Crippen LogP contribution in [0.1, 0.15) is 34.8 Å². The van der Waals surface area contributed by atoms with Crippen molar-refractivity contribution in [3.8, 4) is 11.5 Å². The number of carbonyl (C=O) groups is 2. The van der Waals surface area contributed by atoms with E-state index in [-0.39, 0.29) is 6.61 Å². The molecule has 6 nitrogen and oxygen atoms in total. The van der Waals surface area contributed by atoms with Crippen molar-refractivity contribution in [3.05, 3.63) is 57.6 Å². The fourth-order valence-corrected chi connectivity index (χ4v) is 2.72. The third-order valence-corrected chi connectivity index (χ3v) is 4.50. The van der Waals surface area contributed by atoms with Crippen LogP contribution >= 0.6 is 15.9 Å². The second-order valence-corrected chi connectivity index (χ2v) is 6.84. The van der Waals surface area contributed by atoms with Crippen molar-refractivity contribution in [1.82, 2.24) is 10.9 Å². The van der Waals surface area contributed by atoms with Gasteiger partial charge in [-0.05, 0) is 71.6 Å². The van der Waals surface area contributed by atoms with E-state index in [2.05, 4.69) is 26.8 Å². The van der Waals surface area contributed by atoms with Crippen molar-refractivity contribution in [2.24, 2.45) is 0 Å². The Bertz CT molecular complexity index is 824. The lowest BCUT2D eigenvalue weighted by Gasteiger charge is -2.12. The summed E-state index contributed by atoms with van der Waals surface area (Å²) in [5.74, 6) is 0.423. The summed E-state index contributed by atoms with van der Waals surface area (Å²) in [6.45, 7) is 6.32. The molecule has 0 fully saturated rings. The van der Waals surface area contributed by atoms with Gasteiger partial charge < -0.3 is 9.47 Å². The van der Waals surface area contributed by atoms with Crippen molar-refractivity contribution in [2.45, 2.75) is 27.2 Å². The number of hydrazine groups is 1. The molecule has 0 unspecified atom stereocenters. The first-order valence-electron chi connectivity index (χ1n) is 8.63. The molecule has 7 heteroatoms. The van der Waals surface area contributed by atoms with Crippen LogP contribution in [0.5, 0.6) is 11.5 Å². The zero-order chi connectivity index (χ0) is 19.8. The summed E-state index contributed by atoms with van der Waals surface area (Å²) in [5.41, 5.74) is 7.16. The van der Waals surface area contributed by atoms with Crippen molar-refractivity contribution in [2.75, 3.05) is 13.2 Å². The molecule has 27 heavy (non-hydrogen) atoms. The molecule has 0 saturated carbocycles. The highest BCUT2D eigenvalue weighted by atomic mass is 79.9. The fraction of sp³-hybridized carbons (Fsp3) is 0.300. The van der Waals surface area contributed by atoms with Gasteiger partial charge >= 0.3 is 0 Å². The third-order valence-electron chi connectivity index (χ3n) is 3.88. The van der Waals surface area contributed by atoms with E-state index < -0.39 is 11.8 Å². The summed E-state index contributed by atoms with van der Waals surface area (Å²) >= 11 is 3.38. The Labute approximate surface area is 167 Å². The van der Waals surface area contributed by atoms with Gasteiger partial charge in [0.05, 0.1) is 11.1 Å². The molecule has 2 amide bonds. The van der Waals surface area contributed by atoms with Crippen LogP contribution in [0, 0.1) is 13.8 Å². The summed E-state index contributed by atoms with van der Waals surface area (Å²) in [5, 5.41) is 0. The molecule has 2 N–H and O–H groups in total. The zero-order valence-corrected chi connectivity index (χ0v) is 17.2. The summed E-state index contributed by atoms with van der Waals surface area (Å²) in [4.78, 5) is 24.1. The molecule has 0 atom stereocenters. The van der Waals surface area contributed by atoms with Crippen LogP contribution in [0.25, 0.3) is 0 Å². The standard InChI is InChI=1S/C20H23BrN2O4/c1-4-10-26-18-9-8-15(11-16(18)21)20(25)23-22-19(24)12-27-17-7-5-6-13(2)14(17)3/h5-9,11H,4,10,12H2,1-3H3,(H,22,24)(H,23,25). The number of carbonyl (C=O) groups excluding carboxylic acids is 2. The second kappa shape index (κ2) is 9.97. The topological polar surface area (TPSA) is 76.7 Å². The number of benzene rings is 2. The maximum atomic E-state index is 12.2. The Balaban J connectivity index is 1.85. The van der Waals surface area contributed by atoms with Gasteiger partial charge in [0.2, 0.25) is 0 Å². The fourth-order valence-electron chi connectivity index (χ4n) is 2.23. The lowest BCUT2D eigenvalue weighted by atomic mass is 10.1. The first-order valence-corrected chi connectivity index (χ1v) is 9.42. The molecule has 144 valence electrons. The maximum Gasteiger partial charge on any atom is 0.276 e. The highest BCUT2D eigenvalue weighted by Crippen LogP contribution is 2.26. The zero-order valence-electron chi connectivity index (χ0n) is 15.6. The number of nitrogens with one attached hydrogen (secondary N) is 2. The van der Waals surface area contributed by atoms with Crippen molar-refractivity contribution in [3.63, 3.8) is 0 Å². The summed E-state index contributed by atoms with van der Waals surface area (Å²) < 4.78 is 11.7. The van der Waals surface area contributed by atoms with Gasteiger partial charge in [-0.2, -0.15) is 0 Å². The molecular weight excluding hydrogens is 412 g/mol. The first kappa shape index (κ1) is 20.8. The highest BCUT2D eigenvalue weighted by molar-refractivity contribution is 9.10. The number of hydrogen-bond donors (Lipinski definition) is 2. The second-order valence-electron chi connectivity index (χ2n) is 5.98. The Morgan fingerprint density at radius 2 is 1.81 bits per heavy atom. The molecule has 0 saturated heterocycles. The number of rotatable bonds is 7. The number of hydrogen-bond acceptors (Lipinski definition) is 4. The van der Waals surface area contributed by atoms with Crippen molar-refractivity contribution < 1.29 is 19.1 Å². The van der Waals surface area contributed by atoms with E-state index in [0.717, 1.165) is 17.5 Å². The molecule has 0 aromatic heterocycles. The van der Waals surface area contributed by atoms with Crippen LogP contribution in [-0.2, 0) is 4.79 Å². The average molecular weight is 435 g/mol. The Morgan fingerprint density at radius 3 is 2.52 bits per heavy atom. The van der Waals surface area contributed by atoms with Gasteiger partial charge in [0.1, 0.15) is 11.5 Å². The number of aryl methyl sites for hydroxylation is 1. The maximum absolute atomic E-state index is 12.2. The Morgan fingerprint density at radius 1 is 1.04 bits per heavy atom. The molecule has 0 bridgehead atoms. The molecule has 0 spiro atoms. The number of ether oxygens (including phenoxy) is 2. The molecule has 0 aliphatic heterocycles. The van der Waals surface area contributed by atoms with Crippen LogP contribution in [0.2, 0.25) is 0 Å². The normalized spacial score (nSPS) is 10.2. The molecule has 2 rings (SSSR count). The predicted octanol–water partition coefficient (Wildman–Crippen LogP) is 3.69. The number of amides is 2. The van der Waals surface area contributed by atoms with Gasteiger partial charge in [-0.1, -0.05) is 19.1 Å². The Hall–Kier alpha value is -2.54. The molecule has 2 aromatic carbocycles. The minimum atomic E-state index is -0.453. The first-order chi connectivity index (χ1) is 12.9. The quantitative estimate of drug-likeness (QED) is 0.651. The van der Waals surface area contributed by atoms with Crippen LogP contribution in [0.4, 0.5) is 0 Å². The largest absolute Gasteiger partial charge is 0.492 e. The van der Waals surface area contributed by atoms with Crippen LogP contribution in [0.3, 0.4) is 0 Å². The van der Waals surface area contributed by atoms with Gasteiger partial charge in [-0.15, -0.1) is 0 Å². The van der Waals surface area contributed by atoms with Gasteiger partial charge in [0.15, 0.2) is 6.61 Å². The van der Waals surface area contributed by atoms with Gasteiger partial charge in [-0.25, -0.2) is 0 Å². The molecule has 2 aromatic rings. The minimum absolute atomic E-state index is 0.196. The molecular formula is C20H23BrN2O4. The van der Waals surface area contributed by atoms with Crippen LogP contribution in [-0.4, -0.2) is 25.0 Å². The van der Waals surface area contributed by atoms with Crippen molar-refractivity contribution >= 4 is 27.7 Å². The molecule has 0 radical (unpaired) electrons. The van der Waals surface area contributed by atoms with Gasteiger partial charge in [-0.3, -0.25) is 20.4 Å². The predicted molar refractivity (Wildman–Crippen MR) is 107 cm³/mol. The lowest BCUT2D eigenvalue weighted by Crippen LogP contribution is -2.43. The van der Waals surface area contributed by atoms with E-state index in [9.17, 15) is 9.59 Å². The summed E-state index contributed by atoms with van der Waals surface area (Å²) in [7, 11) is 0. The molecule has 0 aliphatic carbocycles. The monoisotopic (exact) mass is 434 g/mol.